The van der Waals surface area contributed by atoms with Crippen LogP contribution in [0.5, 0.6) is 0 Å². The molecule has 21 heavy (non-hydrogen) atoms. The smallest absolute Gasteiger partial charge is 0.241 e. The average Bonchev–Trinajstić information content (AvgIpc) is 2.46. The number of hydrogen-bond acceptors (Lipinski definition) is 3. The molecule has 0 aliphatic rings. The van der Waals surface area contributed by atoms with E-state index in [4.69, 9.17) is 0 Å². The van der Waals surface area contributed by atoms with Crippen LogP contribution in [-0.2, 0) is 14.8 Å². The number of rotatable bonds is 5. The van der Waals surface area contributed by atoms with Crippen LogP contribution in [0.25, 0.3) is 10.8 Å². The van der Waals surface area contributed by atoms with Crippen molar-refractivity contribution in [3.05, 3.63) is 42.5 Å². The first-order valence-electron chi connectivity index (χ1n) is 6.73. The molecule has 0 aromatic heterocycles. The van der Waals surface area contributed by atoms with E-state index in [1.807, 2.05) is 18.2 Å². The van der Waals surface area contributed by atoms with Gasteiger partial charge in [0.1, 0.15) is 0 Å². The van der Waals surface area contributed by atoms with Crippen molar-refractivity contribution >= 4 is 26.7 Å². The van der Waals surface area contributed by atoms with Crippen LogP contribution in [0, 0.1) is 0 Å². The lowest BCUT2D eigenvalue weighted by Crippen LogP contribution is -2.44. The van der Waals surface area contributed by atoms with Gasteiger partial charge in [0.2, 0.25) is 15.9 Å². The van der Waals surface area contributed by atoms with Crippen molar-refractivity contribution in [2.24, 2.45) is 0 Å². The third-order valence-electron chi connectivity index (χ3n) is 3.12. The van der Waals surface area contributed by atoms with E-state index < -0.39 is 16.1 Å². The van der Waals surface area contributed by atoms with Crippen LogP contribution >= 0.6 is 0 Å². The van der Waals surface area contributed by atoms with E-state index in [2.05, 4.69) is 10.0 Å². The van der Waals surface area contributed by atoms with Gasteiger partial charge < -0.3 is 5.32 Å². The summed E-state index contributed by atoms with van der Waals surface area (Å²) in [4.78, 5) is 11.9. The van der Waals surface area contributed by atoms with Gasteiger partial charge in [-0.15, -0.1) is 0 Å². The van der Waals surface area contributed by atoms with Crippen LogP contribution in [0.1, 0.15) is 13.8 Å². The number of sulfonamides is 1. The lowest BCUT2D eigenvalue weighted by molar-refractivity contribution is -0.122. The van der Waals surface area contributed by atoms with Crippen molar-refractivity contribution in [3.8, 4) is 0 Å². The highest BCUT2D eigenvalue weighted by Gasteiger charge is 2.23. The molecule has 6 heteroatoms. The van der Waals surface area contributed by atoms with Crippen molar-refractivity contribution in [2.75, 3.05) is 6.54 Å². The molecule has 0 spiro atoms. The number of hydrogen-bond donors (Lipinski definition) is 2. The number of likely N-dealkylation sites (N-methyl/N-ethyl adjacent to an activating group) is 1. The fourth-order valence-electron chi connectivity index (χ4n) is 2.11. The Bertz CT molecular complexity index is 751. The zero-order valence-corrected chi connectivity index (χ0v) is 12.8. The van der Waals surface area contributed by atoms with Gasteiger partial charge >= 0.3 is 0 Å². The van der Waals surface area contributed by atoms with Crippen molar-refractivity contribution in [1.82, 2.24) is 10.0 Å². The summed E-state index contributed by atoms with van der Waals surface area (Å²) < 4.78 is 27.4. The van der Waals surface area contributed by atoms with E-state index >= 15 is 0 Å². The number of carbonyl (C=O) groups excluding carboxylic acids is 1. The standard InChI is InChI=1S/C15H18N2O3S/c1-3-16-15(18)11(2)17-21(19,20)14-10-6-8-12-7-4-5-9-13(12)14/h4-11,17H,3H2,1-2H3,(H,16,18). The minimum Gasteiger partial charge on any atom is -0.355 e. The minimum atomic E-state index is -3.76. The Balaban J connectivity index is 2.36. The Morgan fingerprint density at radius 3 is 2.52 bits per heavy atom. The Labute approximate surface area is 124 Å². The predicted molar refractivity (Wildman–Crippen MR) is 82.4 cm³/mol. The number of benzene rings is 2. The molecular weight excluding hydrogens is 288 g/mol. The molecule has 0 radical (unpaired) electrons. The molecule has 1 atom stereocenters. The molecule has 0 heterocycles. The molecule has 112 valence electrons. The summed E-state index contributed by atoms with van der Waals surface area (Å²) in [6.07, 6.45) is 0. The maximum absolute atomic E-state index is 12.5. The zero-order valence-electron chi connectivity index (χ0n) is 12.0. The summed E-state index contributed by atoms with van der Waals surface area (Å²) in [5.41, 5.74) is 0. The first kappa shape index (κ1) is 15.5. The summed E-state index contributed by atoms with van der Waals surface area (Å²) >= 11 is 0. The van der Waals surface area contributed by atoms with Gasteiger partial charge in [-0.2, -0.15) is 4.72 Å². The number of fused-ring (bicyclic) bond motifs is 1. The van der Waals surface area contributed by atoms with Crippen molar-refractivity contribution in [2.45, 2.75) is 24.8 Å². The van der Waals surface area contributed by atoms with Gasteiger partial charge in [0.25, 0.3) is 0 Å². The van der Waals surface area contributed by atoms with E-state index in [0.29, 0.717) is 11.9 Å². The quantitative estimate of drug-likeness (QED) is 0.882. The molecular formula is C15H18N2O3S. The van der Waals surface area contributed by atoms with E-state index in [9.17, 15) is 13.2 Å². The maximum atomic E-state index is 12.5. The predicted octanol–water partition coefficient (Wildman–Crippen LogP) is 1.64. The van der Waals surface area contributed by atoms with Gasteiger partial charge in [-0.1, -0.05) is 36.4 Å². The van der Waals surface area contributed by atoms with Gasteiger partial charge in [-0.25, -0.2) is 8.42 Å². The number of carbonyl (C=O) groups is 1. The highest BCUT2D eigenvalue weighted by Crippen LogP contribution is 2.22. The Kier molecular flexibility index (Phi) is 4.59. The lowest BCUT2D eigenvalue weighted by Gasteiger charge is -2.15. The molecule has 1 unspecified atom stereocenters. The molecule has 2 aromatic rings. The zero-order chi connectivity index (χ0) is 15.5. The van der Waals surface area contributed by atoms with Crippen molar-refractivity contribution in [3.63, 3.8) is 0 Å². The topological polar surface area (TPSA) is 75.3 Å². The van der Waals surface area contributed by atoms with Crippen molar-refractivity contribution in [1.29, 1.82) is 0 Å². The second-order valence-corrected chi connectivity index (χ2v) is 6.40. The maximum Gasteiger partial charge on any atom is 0.241 e. The summed E-state index contributed by atoms with van der Waals surface area (Å²) in [7, 11) is -3.76. The summed E-state index contributed by atoms with van der Waals surface area (Å²) in [6.45, 7) is 3.76. The van der Waals surface area contributed by atoms with Gasteiger partial charge in [-0.05, 0) is 25.3 Å². The fraction of sp³-hybridized carbons (Fsp3) is 0.267. The van der Waals surface area contributed by atoms with Crippen LogP contribution in [0.15, 0.2) is 47.4 Å². The fourth-order valence-corrected chi connectivity index (χ4v) is 3.54. The van der Waals surface area contributed by atoms with Crippen molar-refractivity contribution < 1.29 is 13.2 Å². The van der Waals surface area contributed by atoms with E-state index in [-0.39, 0.29) is 10.8 Å². The average molecular weight is 306 g/mol. The number of nitrogens with one attached hydrogen (secondary N) is 2. The largest absolute Gasteiger partial charge is 0.355 e. The molecule has 0 aliphatic heterocycles. The van der Waals surface area contributed by atoms with Crippen LogP contribution in [0.4, 0.5) is 0 Å². The van der Waals surface area contributed by atoms with Gasteiger partial charge in [0.05, 0.1) is 10.9 Å². The highest BCUT2D eigenvalue weighted by atomic mass is 32.2. The lowest BCUT2D eigenvalue weighted by atomic mass is 10.1. The second-order valence-electron chi connectivity index (χ2n) is 4.71. The number of amides is 1. The summed E-state index contributed by atoms with van der Waals surface area (Å²) in [5, 5.41) is 4.06. The first-order chi connectivity index (χ1) is 9.95. The van der Waals surface area contributed by atoms with E-state index in [1.165, 1.54) is 13.0 Å². The summed E-state index contributed by atoms with van der Waals surface area (Å²) in [5.74, 6) is -0.346. The Morgan fingerprint density at radius 2 is 1.81 bits per heavy atom. The van der Waals surface area contributed by atoms with Gasteiger partial charge in [0.15, 0.2) is 0 Å². The Hall–Kier alpha value is -1.92. The molecule has 0 bridgehead atoms. The Morgan fingerprint density at radius 1 is 1.14 bits per heavy atom. The van der Waals surface area contributed by atoms with Gasteiger partial charge in [0, 0.05) is 11.9 Å². The van der Waals surface area contributed by atoms with Crippen LogP contribution < -0.4 is 10.0 Å². The molecule has 0 aliphatic carbocycles. The van der Waals surface area contributed by atoms with E-state index in [0.717, 1.165) is 5.39 Å². The molecule has 2 rings (SSSR count). The molecule has 0 saturated heterocycles. The normalized spacial score (nSPS) is 13.0. The van der Waals surface area contributed by atoms with Crippen LogP contribution in [0.2, 0.25) is 0 Å². The molecule has 0 saturated carbocycles. The highest BCUT2D eigenvalue weighted by molar-refractivity contribution is 7.89. The molecule has 2 N–H and O–H groups in total. The monoisotopic (exact) mass is 306 g/mol. The van der Waals surface area contributed by atoms with Gasteiger partial charge in [-0.3, -0.25) is 4.79 Å². The summed E-state index contributed by atoms with van der Waals surface area (Å²) in [6, 6.07) is 11.5. The van der Waals surface area contributed by atoms with Crippen LogP contribution in [0.3, 0.4) is 0 Å². The third-order valence-corrected chi connectivity index (χ3v) is 4.71. The SMILES string of the molecule is CCNC(=O)C(C)NS(=O)(=O)c1cccc2ccccc12. The molecule has 2 aromatic carbocycles. The van der Waals surface area contributed by atoms with E-state index in [1.54, 1.807) is 25.1 Å². The molecule has 0 fully saturated rings. The second kappa shape index (κ2) is 6.24. The molecule has 5 nitrogen and oxygen atoms in total. The van der Waals surface area contributed by atoms with Crippen LogP contribution in [-0.4, -0.2) is 26.9 Å². The third kappa shape index (κ3) is 3.40. The molecule has 1 amide bonds. The minimum absolute atomic E-state index is 0.178. The first-order valence-corrected chi connectivity index (χ1v) is 8.22.